The normalized spacial score (nSPS) is 11.3. The van der Waals surface area contributed by atoms with E-state index in [9.17, 15) is 31.6 Å². The van der Waals surface area contributed by atoms with Crippen LogP contribution in [0.25, 0.3) is 0 Å². The SMILES string of the molecule is C=CC(=O)Oc1ccc(OC(=O)COC(=O)C(F)(F)S(=O)(=O)O)cc1. The third-order valence-corrected chi connectivity index (χ3v) is 3.14. The Hall–Kier alpha value is -2.86. The van der Waals surface area contributed by atoms with Crippen LogP contribution in [-0.4, -0.2) is 42.7 Å². The Balaban J connectivity index is 2.59. The van der Waals surface area contributed by atoms with Gasteiger partial charge in [-0.25, -0.2) is 14.4 Å². The average molecular weight is 380 g/mol. The highest BCUT2D eigenvalue weighted by Gasteiger charge is 2.54. The van der Waals surface area contributed by atoms with Gasteiger partial charge in [0.05, 0.1) is 0 Å². The second-order valence-corrected chi connectivity index (χ2v) is 5.60. The molecule has 0 fully saturated rings. The molecule has 0 saturated heterocycles. The molecule has 0 aliphatic rings. The minimum absolute atomic E-state index is 0.101. The second kappa shape index (κ2) is 7.81. The lowest BCUT2D eigenvalue weighted by molar-refractivity contribution is -0.166. The van der Waals surface area contributed by atoms with Gasteiger partial charge < -0.3 is 14.2 Å². The summed E-state index contributed by atoms with van der Waals surface area (Å²) in [6.07, 6.45) is 0.921. The van der Waals surface area contributed by atoms with Gasteiger partial charge in [0.15, 0.2) is 6.61 Å². The molecule has 136 valence electrons. The maximum absolute atomic E-state index is 12.9. The molecule has 1 aromatic carbocycles. The molecular formula is C13H10F2O9S. The summed E-state index contributed by atoms with van der Waals surface area (Å²) >= 11 is 0. The van der Waals surface area contributed by atoms with Crippen molar-refractivity contribution in [3.8, 4) is 11.5 Å². The van der Waals surface area contributed by atoms with Crippen molar-refractivity contribution in [2.45, 2.75) is 5.25 Å². The predicted molar refractivity (Wildman–Crippen MR) is 75.4 cm³/mol. The highest BCUT2D eigenvalue weighted by Crippen LogP contribution is 2.22. The number of hydrogen-bond donors (Lipinski definition) is 1. The molecule has 0 saturated carbocycles. The molecule has 0 aliphatic carbocycles. The van der Waals surface area contributed by atoms with Gasteiger partial charge in [-0.3, -0.25) is 4.55 Å². The second-order valence-electron chi connectivity index (χ2n) is 4.14. The summed E-state index contributed by atoms with van der Waals surface area (Å²) in [6.45, 7) is 1.85. The number of rotatable bonds is 7. The van der Waals surface area contributed by atoms with Crippen molar-refractivity contribution in [1.29, 1.82) is 0 Å². The fourth-order valence-electron chi connectivity index (χ4n) is 1.21. The fraction of sp³-hybridized carbons (Fsp3) is 0.154. The quantitative estimate of drug-likeness (QED) is 0.314. The molecular weight excluding hydrogens is 370 g/mol. The lowest BCUT2D eigenvalue weighted by atomic mass is 10.3. The van der Waals surface area contributed by atoms with Crippen molar-refractivity contribution in [2.24, 2.45) is 0 Å². The highest BCUT2D eigenvalue weighted by atomic mass is 32.2. The average Bonchev–Trinajstić information content (AvgIpc) is 2.53. The minimum Gasteiger partial charge on any atom is -0.448 e. The number of alkyl halides is 2. The van der Waals surface area contributed by atoms with E-state index < -0.39 is 39.9 Å². The van der Waals surface area contributed by atoms with E-state index in [0.717, 1.165) is 6.08 Å². The first-order valence-electron chi connectivity index (χ1n) is 6.14. The van der Waals surface area contributed by atoms with Crippen molar-refractivity contribution < 1.29 is 50.3 Å². The molecule has 0 radical (unpaired) electrons. The van der Waals surface area contributed by atoms with Crippen LogP contribution in [0.15, 0.2) is 36.9 Å². The van der Waals surface area contributed by atoms with Crippen LogP contribution in [0.2, 0.25) is 0 Å². The number of halogens is 2. The number of ether oxygens (including phenoxy) is 3. The molecule has 9 nitrogen and oxygen atoms in total. The number of carbonyl (C=O) groups excluding carboxylic acids is 3. The van der Waals surface area contributed by atoms with Gasteiger partial charge in [0, 0.05) is 6.08 Å². The van der Waals surface area contributed by atoms with E-state index in [1.807, 2.05) is 0 Å². The van der Waals surface area contributed by atoms with Gasteiger partial charge in [-0.2, -0.15) is 17.2 Å². The van der Waals surface area contributed by atoms with Crippen molar-refractivity contribution >= 4 is 28.0 Å². The molecule has 1 aromatic rings. The zero-order chi connectivity index (χ0) is 19.3. The van der Waals surface area contributed by atoms with E-state index in [-0.39, 0.29) is 11.5 Å². The van der Waals surface area contributed by atoms with Crippen molar-refractivity contribution in [2.75, 3.05) is 6.61 Å². The summed E-state index contributed by atoms with van der Waals surface area (Å²) in [6, 6.07) is 4.83. The number of carbonyl (C=O) groups is 3. The zero-order valence-corrected chi connectivity index (χ0v) is 13.0. The van der Waals surface area contributed by atoms with Crippen LogP contribution in [0.4, 0.5) is 8.78 Å². The smallest absolute Gasteiger partial charge is 0.448 e. The first-order valence-corrected chi connectivity index (χ1v) is 7.58. The largest absolute Gasteiger partial charge is 0.465 e. The highest BCUT2D eigenvalue weighted by molar-refractivity contribution is 7.87. The monoisotopic (exact) mass is 380 g/mol. The Morgan fingerprint density at radius 2 is 1.60 bits per heavy atom. The van der Waals surface area contributed by atoms with Gasteiger partial charge in [0.25, 0.3) is 0 Å². The van der Waals surface area contributed by atoms with Gasteiger partial charge in [-0.05, 0) is 24.3 Å². The molecule has 25 heavy (non-hydrogen) atoms. The van der Waals surface area contributed by atoms with Crippen LogP contribution in [0.5, 0.6) is 11.5 Å². The van der Waals surface area contributed by atoms with Crippen LogP contribution >= 0.6 is 0 Å². The first-order chi connectivity index (χ1) is 11.5. The van der Waals surface area contributed by atoms with E-state index in [2.05, 4.69) is 16.1 Å². The molecule has 0 atom stereocenters. The van der Waals surface area contributed by atoms with Crippen LogP contribution < -0.4 is 9.47 Å². The fourth-order valence-corrected chi connectivity index (χ4v) is 1.48. The van der Waals surface area contributed by atoms with E-state index in [4.69, 9.17) is 9.29 Å². The predicted octanol–water partition coefficient (Wildman–Crippen LogP) is 0.707. The summed E-state index contributed by atoms with van der Waals surface area (Å²) in [5, 5.41) is -5.22. The topological polar surface area (TPSA) is 133 Å². The standard InChI is InChI=1S/C13H10F2O9S/c1-2-10(16)23-8-3-5-9(6-4-8)24-11(17)7-22-12(18)13(14,15)25(19,20)21/h2-6H,1,7H2,(H,19,20,21). The first kappa shape index (κ1) is 20.2. The van der Waals surface area contributed by atoms with E-state index >= 15 is 0 Å². The Kier molecular flexibility index (Phi) is 6.30. The van der Waals surface area contributed by atoms with Crippen LogP contribution in [0, 0.1) is 0 Å². The van der Waals surface area contributed by atoms with Gasteiger partial charge in [0.1, 0.15) is 11.5 Å². The van der Waals surface area contributed by atoms with Crippen molar-refractivity contribution in [3.05, 3.63) is 36.9 Å². The molecule has 12 heteroatoms. The number of hydrogen-bond acceptors (Lipinski definition) is 8. The number of benzene rings is 1. The van der Waals surface area contributed by atoms with Crippen LogP contribution in [0.1, 0.15) is 0 Å². The maximum Gasteiger partial charge on any atom is 0.465 e. The molecule has 0 aromatic heterocycles. The third kappa shape index (κ3) is 5.61. The molecule has 0 spiro atoms. The van der Waals surface area contributed by atoms with Gasteiger partial charge in [0.2, 0.25) is 0 Å². The Bertz CT molecular complexity index is 784. The van der Waals surface area contributed by atoms with Crippen LogP contribution in [-0.2, 0) is 29.2 Å². The number of esters is 3. The van der Waals surface area contributed by atoms with Gasteiger partial charge in [-0.1, -0.05) is 6.58 Å². The van der Waals surface area contributed by atoms with Gasteiger partial charge >= 0.3 is 33.3 Å². The summed E-state index contributed by atoms with van der Waals surface area (Å²) in [7, 11) is -6.03. The third-order valence-electron chi connectivity index (χ3n) is 2.32. The molecule has 0 aliphatic heterocycles. The Morgan fingerprint density at radius 3 is 2.04 bits per heavy atom. The Labute approximate surface area is 139 Å². The molecule has 0 amide bonds. The van der Waals surface area contributed by atoms with Crippen molar-refractivity contribution in [1.82, 2.24) is 0 Å². The molecule has 1 rings (SSSR count). The lowest BCUT2D eigenvalue weighted by Crippen LogP contribution is -2.40. The molecule has 0 bridgehead atoms. The minimum atomic E-state index is -6.03. The van der Waals surface area contributed by atoms with Crippen LogP contribution in [0.3, 0.4) is 0 Å². The summed E-state index contributed by atoms with van der Waals surface area (Å²) < 4.78 is 67.7. The zero-order valence-electron chi connectivity index (χ0n) is 12.2. The summed E-state index contributed by atoms with van der Waals surface area (Å²) in [4.78, 5) is 33.2. The molecule has 0 heterocycles. The molecule has 1 N–H and O–H groups in total. The van der Waals surface area contributed by atoms with Crippen molar-refractivity contribution in [3.63, 3.8) is 0 Å². The summed E-state index contributed by atoms with van der Waals surface area (Å²) in [5.74, 6) is -4.68. The van der Waals surface area contributed by atoms with E-state index in [1.54, 1.807) is 0 Å². The molecule has 0 unspecified atom stereocenters. The van der Waals surface area contributed by atoms with Gasteiger partial charge in [-0.15, -0.1) is 0 Å². The van der Waals surface area contributed by atoms with E-state index in [0.29, 0.717) is 0 Å². The van der Waals surface area contributed by atoms with E-state index in [1.165, 1.54) is 24.3 Å². The maximum atomic E-state index is 12.9. The Morgan fingerprint density at radius 1 is 1.12 bits per heavy atom. The lowest BCUT2D eigenvalue weighted by Gasteiger charge is -2.11. The summed E-state index contributed by atoms with van der Waals surface area (Å²) in [5.41, 5.74) is 0.